The second-order valence-electron chi connectivity index (χ2n) is 5.52. The molecule has 1 aliphatic heterocycles. The van der Waals surface area contributed by atoms with Gasteiger partial charge in [0.2, 0.25) is 5.91 Å². The van der Waals surface area contributed by atoms with Crippen molar-refractivity contribution in [3.63, 3.8) is 0 Å². The van der Waals surface area contributed by atoms with E-state index in [1.54, 1.807) is 0 Å². The van der Waals surface area contributed by atoms with Crippen LogP contribution in [0.4, 0.5) is 11.4 Å². The molecule has 1 unspecified atom stereocenters. The average Bonchev–Trinajstić information content (AvgIpc) is 2.54. The van der Waals surface area contributed by atoms with Gasteiger partial charge in [0.1, 0.15) is 0 Å². The molecule has 3 N–H and O–H groups in total. The van der Waals surface area contributed by atoms with E-state index >= 15 is 0 Å². The molecule has 21 heavy (non-hydrogen) atoms. The number of nitrogens with zero attached hydrogens (tertiary/aromatic N) is 1. The largest absolute Gasteiger partial charge is 0.378 e. The van der Waals surface area contributed by atoms with Gasteiger partial charge in [-0.25, -0.2) is 0 Å². The van der Waals surface area contributed by atoms with Crippen molar-refractivity contribution < 1.29 is 9.53 Å². The Morgan fingerprint density at radius 2 is 2.05 bits per heavy atom. The Kier molecular flexibility index (Phi) is 5.59. The van der Waals surface area contributed by atoms with Crippen LogP contribution in [-0.4, -0.2) is 38.3 Å². The number of para-hydroxylation sites is 2. The van der Waals surface area contributed by atoms with Crippen LogP contribution in [0.2, 0.25) is 0 Å². The van der Waals surface area contributed by atoms with Crippen LogP contribution in [0.1, 0.15) is 20.3 Å². The molecule has 0 bridgehead atoms. The van der Waals surface area contributed by atoms with Gasteiger partial charge in [0, 0.05) is 13.1 Å². The lowest BCUT2D eigenvalue weighted by molar-refractivity contribution is -0.118. The zero-order valence-electron chi connectivity index (χ0n) is 12.8. The van der Waals surface area contributed by atoms with Gasteiger partial charge >= 0.3 is 0 Å². The molecule has 0 aromatic heterocycles. The molecule has 5 nitrogen and oxygen atoms in total. The van der Waals surface area contributed by atoms with Gasteiger partial charge < -0.3 is 20.7 Å². The van der Waals surface area contributed by atoms with E-state index in [4.69, 9.17) is 10.5 Å². The minimum atomic E-state index is -0.479. The normalized spacial score (nSPS) is 18.1. The second-order valence-corrected chi connectivity index (χ2v) is 5.52. The Bertz CT molecular complexity index is 472. The van der Waals surface area contributed by atoms with E-state index in [9.17, 15) is 4.79 Å². The number of nitrogens with one attached hydrogen (secondary N) is 1. The lowest BCUT2D eigenvalue weighted by Crippen LogP contribution is -2.41. The number of carbonyl (C=O) groups is 1. The number of amides is 1. The lowest BCUT2D eigenvalue weighted by atomic mass is 9.99. The van der Waals surface area contributed by atoms with Crippen LogP contribution in [0.5, 0.6) is 0 Å². The average molecular weight is 291 g/mol. The lowest BCUT2D eigenvalue weighted by Gasteiger charge is -2.31. The molecule has 1 aliphatic rings. The summed E-state index contributed by atoms with van der Waals surface area (Å²) >= 11 is 0. The van der Waals surface area contributed by atoms with E-state index in [2.05, 4.69) is 10.2 Å². The van der Waals surface area contributed by atoms with E-state index in [1.165, 1.54) is 0 Å². The van der Waals surface area contributed by atoms with Crippen molar-refractivity contribution in [2.45, 2.75) is 26.3 Å². The molecule has 0 aliphatic carbocycles. The van der Waals surface area contributed by atoms with Gasteiger partial charge in [-0.05, 0) is 18.1 Å². The molecule has 1 heterocycles. The van der Waals surface area contributed by atoms with Gasteiger partial charge in [-0.2, -0.15) is 0 Å². The summed E-state index contributed by atoms with van der Waals surface area (Å²) in [7, 11) is 0. The quantitative estimate of drug-likeness (QED) is 0.868. The smallest absolute Gasteiger partial charge is 0.241 e. The van der Waals surface area contributed by atoms with Gasteiger partial charge in [0.25, 0.3) is 0 Å². The highest BCUT2D eigenvalue weighted by Crippen LogP contribution is 2.26. The van der Waals surface area contributed by atoms with E-state index < -0.39 is 6.04 Å². The summed E-state index contributed by atoms with van der Waals surface area (Å²) in [4.78, 5) is 14.5. The third-order valence-corrected chi connectivity index (χ3v) is 4.07. The van der Waals surface area contributed by atoms with Crippen LogP contribution in [0.3, 0.4) is 0 Å². The van der Waals surface area contributed by atoms with Crippen molar-refractivity contribution in [1.29, 1.82) is 0 Å². The topological polar surface area (TPSA) is 67.6 Å². The Balaban J connectivity index is 2.11. The van der Waals surface area contributed by atoms with Crippen molar-refractivity contribution in [1.82, 2.24) is 0 Å². The van der Waals surface area contributed by atoms with Crippen LogP contribution in [0, 0.1) is 5.92 Å². The summed E-state index contributed by atoms with van der Waals surface area (Å²) in [6, 6.07) is 7.37. The number of hydrogen-bond acceptors (Lipinski definition) is 4. The predicted molar refractivity (Wildman–Crippen MR) is 85.5 cm³/mol. The number of rotatable bonds is 5. The molecule has 1 fully saturated rings. The first kappa shape index (κ1) is 15.8. The third kappa shape index (κ3) is 3.95. The van der Waals surface area contributed by atoms with Gasteiger partial charge in [-0.3, -0.25) is 4.79 Å². The summed E-state index contributed by atoms with van der Waals surface area (Å²) in [6.45, 7) is 7.15. The highest BCUT2D eigenvalue weighted by molar-refractivity contribution is 5.97. The molecule has 1 aromatic rings. The zero-order valence-corrected chi connectivity index (χ0v) is 12.8. The van der Waals surface area contributed by atoms with Crippen molar-refractivity contribution >= 4 is 17.3 Å². The minimum absolute atomic E-state index is 0.120. The summed E-state index contributed by atoms with van der Waals surface area (Å²) in [5.74, 6) is 0.0469. The van der Waals surface area contributed by atoms with Gasteiger partial charge in [-0.15, -0.1) is 0 Å². The Morgan fingerprint density at radius 3 is 2.71 bits per heavy atom. The van der Waals surface area contributed by atoms with E-state index in [-0.39, 0.29) is 11.8 Å². The van der Waals surface area contributed by atoms with Crippen molar-refractivity contribution in [2.24, 2.45) is 11.7 Å². The molecule has 0 saturated carbocycles. The van der Waals surface area contributed by atoms with Crippen LogP contribution in [0.25, 0.3) is 0 Å². The molecular weight excluding hydrogens is 266 g/mol. The number of hydrogen-bond donors (Lipinski definition) is 2. The molecule has 116 valence electrons. The molecule has 0 radical (unpaired) electrons. The zero-order chi connectivity index (χ0) is 15.2. The number of morpholine rings is 1. The molecule has 0 spiro atoms. The maximum Gasteiger partial charge on any atom is 0.241 e. The standard InChI is InChI=1S/C16H25N3O2/c1-3-12(2)15(17)16(20)18-13-6-4-5-7-14(13)19-8-10-21-11-9-19/h4-7,12,15H,3,8-11,17H2,1-2H3,(H,18,20)/t12?,15-/m0/s1. The fourth-order valence-corrected chi connectivity index (χ4v) is 2.39. The first-order chi connectivity index (χ1) is 10.1. The Labute approximate surface area is 126 Å². The number of carbonyl (C=O) groups excluding carboxylic acids is 1. The Hall–Kier alpha value is -1.59. The fourth-order valence-electron chi connectivity index (χ4n) is 2.39. The van der Waals surface area contributed by atoms with Crippen LogP contribution in [-0.2, 0) is 9.53 Å². The van der Waals surface area contributed by atoms with Crippen molar-refractivity contribution in [2.75, 3.05) is 36.5 Å². The summed E-state index contributed by atoms with van der Waals surface area (Å²) in [6.07, 6.45) is 0.889. The molecular formula is C16H25N3O2. The summed E-state index contributed by atoms with van der Waals surface area (Å²) < 4.78 is 5.38. The van der Waals surface area contributed by atoms with Crippen molar-refractivity contribution in [3.05, 3.63) is 24.3 Å². The molecule has 5 heteroatoms. The fraction of sp³-hybridized carbons (Fsp3) is 0.562. The molecule has 1 aromatic carbocycles. The predicted octanol–water partition coefficient (Wildman–Crippen LogP) is 1.84. The first-order valence-corrected chi connectivity index (χ1v) is 7.61. The number of anilines is 2. The summed E-state index contributed by atoms with van der Waals surface area (Å²) in [5.41, 5.74) is 7.86. The first-order valence-electron chi connectivity index (χ1n) is 7.61. The molecule has 1 saturated heterocycles. The van der Waals surface area contributed by atoms with E-state index in [1.807, 2.05) is 38.1 Å². The van der Waals surface area contributed by atoms with Gasteiger partial charge in [0.05, 0.1) is 30.6 Å². The highest BCUT2D eigenvalue weighted by atomic mass is 16.5. The van der Waals surface area contributed by atoms with Crippen LogP contribution < -0.4 is 16.0 Å². The van der Waals surface area contributed by atoms with Crippen molar-refractivity contribution in [3.8, 4) is 0 Å². The molecule has 2 atom stereocenters. The molecule has 2 rings (SSSR count). The van der Waals surface area contributed by atoms with Gasteiger partial charge in [0.15, 0.2) is 0 Å². The maximum absolute atomic E-state index is 12.3. The van der Waals surface area contributed by atoms with Gasteiger partial charge in [-0.1, -0.05) is 32.4 Å². The van der Waals surface area contributed by atoms with Crippen LogP contribution >= 0.6 is 0 Å². The highest BCUT2D eigenvalue weighted by Gasteiger charge is 2.21. The number of benzene rings is 1. The Morgan fingerprint density at radius 1 is 1.38 bits per heavy atom. The number of ether oxygens (including phenoxy) is 1. The third-order valence-electron chi connectivity index (χ3n) is 4.07. The summed E-state index contributed by atoms with van der Waals surface area (Å²) in [5, 5.41) is 2.98. The van der Waals surface area contributed by atoms with Crippen LogP contribution in [0.15, 0.2) is 24.3 Å². The number of nitrogens with two attached hydrogens (primary N) is 1. The monoisotopic (exact) mass is 291 g/mol. The van der Waals surface area contributed by atoms with E-state index in [0.717, 1.165) is 30.9 Å². The van der Waals surface area contributed by atoms with E-state index in [0.29, 0.717) is 13.2 Å². The second kappa shape index (κ2) is 7.43. The minimum Gasteiger partial charge on any atom is -0.378 e. The SMILES string of the molecule is CCC(C)[C@H](N)C(=O)Nc1ccccc1N1CCOCC1. The molecule has 1 amide bonds. The maximum atomic E-state index is 12.3.